The molecule has 0 saturated heterocycles. The fourth-order valence-corrected chi connectivity index (χ4v) is 7.41. The predicted octanol–water partition coefficient (Wildman–Crippen LogP) is 5.22. The van der Waals surface area contributed by atoms with Gasteiger partial charge in [0.15, 0.2) is 0 Å². The highest BCUT2D eigenvalue weighted by atomic mass is 127. The molecule has 4 saturated carbocycles. The highest BCUT2D eigenvalue weighted by Crippen LogP contribution is 2.63. The molecule has 3 atom stereocenters. The van der Waals surface area contributed by atoms with E-state index < -0.39 is 56.6 Å². The smallest absolute Gasteiger partial charge is 0.432 e. The molecule has 1 aromatic carbocycles. The number of carbonyl (C=O) groups excluding carboxylic acids is 3. The standard InChI is InChI=1S/C25H24F5IO9S/c1-12(2)18(32)38-15-3-4-17(31)16(6-15)19(33)40-23-9-13-5-14(10-23)8-22(7-13,11-23)21(34)39-20(24(26,27)28)25(29,30)41(35,36)37/h3-4,6,13-14,20H,1,5,7-11H2,2H3,(H,35,36,37). The second-order valence-electron chi connectivity index (χ2n) is 11.0. The monoisotopic (exact) mass is 722 g/mol. The van der Waals surface area contributed by atoms with Gasteiger partial charge in [-0.2, -0.15) is 30.4 Å². The zero-order valence-corrected chi connectivity index (χ0v) is 24.3. The van der Waals surface area contributed by atoms with Crippen molar-refractivity contribution in [1.82, 2.24) is 0 Å². The Labute approximate surface area is 244 Å². The summed E-state index contributed by atoms with van der Waals surface area (Å²) in [6, 6.07) is 4.19. The first-order chi connectivity index (χ1) is 18.7. The Morgan fingerprint density at radius 1 is 1.10 bits per heavy atom. The van der Waals surface area contributed by atoms with Gasteiger partial charge in [-0.3, -0.25) is 9.35 Å². The molecule has 0 aromatic heterocycles. The molecular weight excluding hydrogens is 698 g/mol. The lowest BCUT2D eigenvalue weighted by Crippen LogP contribution is -2.61. The Kier molecular flexibility index (Phi) is 8.04. The van der Waals surface area contributed by atoms with Crippen LogP contribution in [-0.2, 0) is 29.2 Å². The Balaban J connectivity index is 1.60. The van der Waals surface area contributed by atoms with E-state index in [1.54, 1.807) is 0 Å². The quantitative estimate of drug-likeness (QED) is 0.0958. The van der Waals surface area contributed by atoms with Gasteiger partial charge in [-0.15, -0.1) is 0 Å². The number of benzene rings is 1. The van der Waals surface area contributed by atoms with Gasteiger partial charge in [0.05, 0.1) is 11.0 Å². The van der Waals surface area contributed by atoms with Crippen LogP contribution >= 0.6 is 22.6 Å². The van der Waals surface area contributed by atoms with Crippen molar-refractivity contribution in [3.8, 4) is 5.75 Å². The van der Waals surface area contributed by atoms with Crippen LogP contribution in [0.2, 0.25) is 0 Å². The number of rotatable bonds is 8. The minimum Gasteiger partial charge on any atom is -0.455 e. The van der Waals surface area contributed by atoms with Gasteiger partial charge < -0.3 is 14.2 Å². The number of alkyl halides is 5. The third-order valence-corrected chi connectivity index (χ3v) is 9.48. The molecule has 226 valence electrons. The summed E-state index contributed by atoms with van der Waals surface area (Å²) < 4.78 is 115. The molecule has 4 fully saturated rings. The molecule has 4 aliphatic carbocycles. The van der Waals surface area contributed by atoms with Crippen LogP contribution in [0.3, 0.4) is 0 Å². The highest BCUT2D eigenvalue weighted by molar-refractivity contribution is 14.1. The molecular formula is C25H24F5IO9S. The normalized spacial score (nSPS) is 28.1. The summed E-state index contributed by atoms with van der Waals surface area (Å²) in [6.07, 6.45) is -9.81. The molecule has 9 nitrogen and oxygen atoms in total. The van der Waals surface area contributed by atoms with Gasteiger partial charge in [-0.25, -0.2) is 9.59 Å². The van der Waals surface area contributed by atoms with E-state index in [2.05, 4.69) is 11.3 Å². The van der Waals surface area contributed by atoms with E-state index in [0.29, 0.717) is 9.99 Å². The van der Waals surface area contributed by atoms with Gasteiger partial charge >= 0.3 is 39.5 Å². The SMILES string of the molecule is C=C(C)C(=O)Oc1ccc(I)c(C(=O)OC23CC4CC(C2)CC(C(=O)OC(C(F)(F)F)C(F)(F)S(=O)(=O)O)(C4)C3)c1. The van der Waals surface area contributed by atoms with E-state index in [9.17, 15) is 44.8 Å². The number of carbonyl (C=O) groups is 3. The molecule has 16 heteroatoms. The predicted molar refractivity (Wildman–Crippen MR) is 137 cm³/mol. The van der Waals surface area contributed by atoms with Gasteiger partial charge in [0, 0.05) is 15.6 Å². The van der Waals surface area contributed by atoms with E-state index in [-0.39, 0.29) is 60.8 Å². The second-order valence-corrected chi connectivity index (χ2v) is 13.6. The van der Waals surface area contributed by atoms with Crippen molar-refractivity contribution in [2.75, 3.05) is 0 Å². The first kappa shape index (κ1) is 31.6. The molecule has 0 aliphatic heterocycles. The van der Waals surface area contributed by atoms with Crippen LogP contribution < -0.4 is 4.74 Å². The third kappa shape index (κ3) is 6.09. The van der Waals surface area contributed by atoms with Crippen molar-refractivity contribution in [3.63, 3.8) is 0 Å². The van der Waals surface area contributed by atoms with E-state index >= 15 is 0 Å². The fraction of sp³-hybridized carbons (Fsp3) is 0.560. The average molecular weight is 722 g/mol. The maximum absolute atomic E-state index is 14.1. The maximum atomic E-state index is 14.1. The third-order valence-electron chi connectivity index (χ3n) is 7.64. The number of esters is 3. The molecule has 0 heterocycles. The largest absolute Gasteiger partial charge is 0.455 e. The van der Waals surface area contributed by atoms with Crippen LogP contribution in [0.25, 0.3) is 0 Å². The second kappa shape index (κ2) is 10.4. The number of hydrogen-bond donors (Lipinski definition) is 1. The van der Waals surface area contributed by atoms with Crippen molar-refractivity contribution in [2.24, 2.45) is 17.3 Å². The van der Waals surface area contributed by atoms with Crippen molar-refractivity contribution in [2.45, 2.75) is 68.6 Å². The summed E-state index contributed by atoms with van der Waals surface area (Å²) in [6.45, 7) is 4.90. The molecule has 5 rings (SSSR count). The minimum atomic E-state index is -6.60. The van der Waals surface area contributed by atoms with Gasteiger partial charge in [0.2, 0.25) is 0 Å². The summed E-state index contributed by atoms with van der Waals surface area (Å²) in [7, 11) is -6.60. The van der Waals surface area contributed by atoms with E-state index in [1.807, 2.05) is 22.6 Å². The summed E-state index contributed by atoms with van der Waals surface area (Å²) in [5.74, 6) is -3.91. The maximum Gasteiger partial charge on any atom is 0.432 e. The first-order valence-corrected chi connectivity index (χ1v) is 14.7. The Hall–Kier alpha value is -2.34. The van der Waals surface area contributed by atoms with Crippen LogP contribution in [0.5, 0.6) is 5.75 Å². The molecule has 0 radical (unpaired) electrons. The van der Waals surface area contributed by atoms with Gasteiger partial charge in [0.1, 0.15) is 11.4 Å². The lowest BCUT2D eigenvalue weighted by atomic mass is 9.48. The van der Waals surface area contributed by atoms with Gasteiger partial charge in [0.25, 0.3) is 6.10 Å². The van der Waals surface area contributed by atoms with Crippen LogP contribution in [0.4, 0.5) is 22.0 Å². The lowest BCUT2D eigenvalue weighted by Gasteiger charge is -2.59. The van der Waals surface area contributed by atoms with Crippen LogP contribution in [-0.4, -0.2) is 54.0 Å². The van der Waals surface area contributed by atoms with Gasteiger partial charge in [-0.1, -0.05) is 6.58 Å². The summed E-state index contributed by atoms with van der Waals surface area (Å²) in [4.78, 5) is 38.3. The Bertz CT molecular complexity index is 1390. The summed E-state index contributed by atoms with van der Waals surface area (Å²) in [5.41, 5.74) is -2.97. The summed E-state index contributed by atoms with van der Waals surface area (Å²) in [5, 5.41) is -5.86. The average Bonchev–Trinajstić information content (AvgIpc) is 2.80. The van der Waals surface area contributed by atoms with Crippen LogP contribution in [0.1, 0.15) is 55.8 Å². The molecule has 4 bridgehead atoms. The number of halogens is 6. The molecule has 1 N–H and O–H groups in total. The van der Waals surface area contributed by atoms with Crippen molar-refractivity contribution >= 4 is 50.6 Å². The zero-order chi connectivity index (χ0) is 30.8. The fourth-order valence-electron chi connectivity index (χ4n) is 6.40. The van der Waals surface area contributed by atoms with Crippen molar-refractivity contribution < 1.29 is 63.5 Å². The topological polar surface area (TPSA) is 133 Å². The van der Waals surface area contributed by atoms with Crippen molar-refractivity contribution in [1.29, 1.82) is 0 Å². The first-order valence-electron chi connectivity index (χ1n) is 12.2. The van der Waals surface area contributed by atoms with Gasteiger partial charge in [-0.05, 0) is 91.7 Å². The number of ether oxygens (including phenoxy) is 3. The molecule has 3 unspecified atom stereocenters. The van der Waals surface area contributed by atoms with Crippen LogP contribution in [0.15, 0.2) is 30.4 Å². The number of hydrogen-bond acceptors (Lipinski definition) is 8. The minimum absolute atomic E-state index is 0.00918. The molecule has 0 amide bonds. The van der Waals surface area contributed by atoms with E-state index in [4.69, 9.17) is 14.0 Å². The van der Waals surface area contributed by atoms with E-state index in [1.165, 1.54) is 25.1 Å². The molecule has 41 heavy (non-hydrogen) atoms. The molecule has 0 spiro atoms. The summed E-state index contributed by atoms with van der Waals surface area (Å²) >= 11 is 1.85. The highest BCUT2D eigenvalue weighted by Gasteiger charge is 2.69. The molecule has 4 aliphatic rings. The lowest BCUT2D eigenvalue weighted by molar-refractivity contribution is -0.269. The van der Waals surface area contributed by atoms with Crippen LogP contribution in [0, 0.1) is 20.8 Å². The molecule has 1 aromatic rings. The van der Waals surface area contributed by atoms with Crippen molar-refractivity contribution in [3.05, 3.63) is 39.5 Å². The van der Waals surface area contributed by atoms with E-state index in [0.717, 1.165) is 0 Å². The Morgan fingerprint density at radius 2 is 1.68 bits per heavy atom. The Morgan fingerprint density at radius 3 is 2.20 bits per heavy atom. The zero-order valence-electron chi connectivity index (χ0n) is 21.3.